The van der Waals surface area contributed by atoms with Gasteiger partial charge in [-0.05, 0) is 46.3 Å². The lowest BCUT2D eigenvalue weighted by Gasteiger charge is -2.34. The lowest BCUT2D eigenvalue weighted by atomic mass is 9.93. The van der Waals surface area contributed by atoms with Crippen LogP contribution in [0, 0.1) is 0 Å². The fraction of sp³-hybridized carbons (Fsp3) is 0.923. The maximum atomic E-state index is 11.2. The minimum absolute atomic E-state index is 0.461. The number of hydrogen-bond acceptors (Lipinski definition) is 3. The van der Waals surface area contributed by atoms with Crippen LogP contribution >= 0.6 is 0 Å². The summed E-state index contributed by atoms with van der Waals surface area (Å²) in [6.45, 7) is 2.43. The Kier molecular flexibility index (Phi) is 3.98. The van der Waals surface area contributed by atoms with Crippen molar-refractivity contribution in [1.82, 2.24) is 9.80 Å². The van der Waals surface area contributed by atoms with Crippen molar-refractivity contribution in [2.45, 2.75) is 50.6 Å². The highest BCUT2D eigenvalue weighted by Gasteiger charge is 2.27. The molecular formula is C13H24N2O. The normalized spacial score (nSPS) is 29.2. The number of Topliss-reactive ketones (excluding diaryl/α,β-unsaturated/α-hetero) is 1. The first-order chi connectivity index (χ1) is 7.66. The molecule has 0 aromatic carbocycles. The average Bonchev–Trinajstić information content (AvgIpc) is 2.65. The zero-order valence-electron chi connectivity index (χ0n) is 10.6. The summed E-state index contributed by atoms with van der Waals surface area (Å²) in [5.41, 5.74) is 0. The van der Waals surface area contributed by atoms with Crippen LogP contribution in [0.4, 0.5) is 0 Å². The average molecular weight is 224 g/mol. The number of carbonyl (C=O) groups is 1. The molecule has 1 heterocycles. The van der Waals surface area contributed by atoms with Gasteiger partial charge in [-0.2, -0.15) is 0 Å². The Balaban J connectivity index is 1.78. The molecule has 0 aromatic heterocycles. The summed E-state index contributed by atoms with van der Waals surface area (Å²) in [6.07, 6.45) is 6.44. The van der Waals surface area contributed by atoms with Crippen molar-refractivity contribution < 1.29 is 4.79 Å². The number of ketones is 1. The summed E-state index contributed by atoms with van der Waals surface area (Å²) in [6, 6.07) is 1.38. The summed E-state index contributed by atoms with van der Waals surface area (Å²) in [5, 5.41) is 0. The Morgan fingerprint density at radius 3 is 2.56 bits per heavy atom. The summed E-state index contributed by atoms with van der Waals surface area (Å²) in [4.78, 5) is 16.2. The third-order valence-electron chi connectivity index (χ3n) is 4.31. The zero-order chi connectivity index (χ0) is 11.5. The van der Waals surface area contributed by atoms with Crippen LogP contribution in [0.3, 0.4) is 0 Å². The standard InChI is InChI=1S/C13H24N2O/c1-14-9-3-4-12(14)10-15(2)11-5-7-13(16)8-6-11/h11-12H,3-10H2,1-2H3. The van der Waals surface area contributed by atoms with Crippen LogP contribution in [0.25, 0.3) is 0 Å². The Labute approximate surface area is 98.8 Å². The number of hydrogen-bond donors (Lipinski definition) is 0. The largest absolute Gasteiger partial charge is 0.302 e. The molecule has 1 saturated carbocycles. The van der Waals surface area contributed by atoms with E-state index in [4.69, 9.17) is 0 Å². The van der Waals surface area contributed by atoms with Crippen molar-refractivity contribution in [3.05, 3.63) is 0 Å². The molecule has 1 atom stereocenters. The second-order valence-electron chi connectivity index (χ2n) is 5.49. The minimum atomic E-state index is 0.461. The van der Waals surface area contributed by atoms with E-state index in [1.54, 1.807) is 0 Å². The van der Waals surface area contributed by atoms with E-state index in [2.05, 4.69) is 23.9 Å². The van der Waals surface area contributed by atoms with Crippen LogP contribution in [0.2, 0.25) is 0 Å². The summed E-state index contributed by atoms with van der Waals surface area (Å²) in [7, 11) is 4.46. The van der Waals surface area contributed by atoms with Crippen molar-refractivity contribution in [2.24, 2.45) is 0 Å². The van der Waals surface area contributed by atoms with Crippen LogP contribution < -0.4 is 0 Å². The molecule has 0 aromatic rings. The van der Waals surface area contributed by atoms with Gasteiger partial charge < -0.3 is 9.80 Å². The fourth-order valence-corrected chi connectivity index (χ4v) is 3.06. The predicted octanol–water partition coefficient (Wildman–Crippen LogP) is 1.52. The van der Waals surface area contributed by atoms with Gasteiger partial charge in [0.15, 0.2) is 0 Å². The molecule has 16 heavy (non-hydrogen) atoms. The van der Waals surface area contributed by atoms with Gasteiger partial charge in [-0.15, -0.1) is 0 Å². The molecule has 0 radical (unpaired) electrons. The van der Waals surface area contributed by atoms with Crippen molar-refractivity contribution in [2.75, 3.05) is 27.2 Å². The monoisotopic (exact) mass is 224 g/mol. The summed E-state index contributed by atoms with van der Waals surface area (Å²) < 4.78 is 0. The molecule has 0 bridgehead atoms. The lowest BCUT2D eigenvalue weighted by molar-refractivity contribution is -0.121. The van der Waals surface area contributed by atoms with Gasteiger partial charge in [-0.1, -0.05) is 0 Å². The second-order valence-corrected chi connectivity index (χ2v) is 5.49. The van der Waals surface area contributed by atoms with Crippen LogP contribution in [0.5, 0.6) is 0 Å². The van der Waals surface area contributed by atoms with Gasteiger partial charge in [0, 0.05) is 31.5 Å². The topological polar surface area (TPSA) is 23.6 Å². The van der Waals surface area contributed by atoms with E-state index in [9.17, 15) is 4.79 Å². The number of likely N-dealkylation sites (N-methyl/N-ethyl adjacent to an activating group) is 2. The fourth-order valence-electron chi connectivity index (χ4n) is 3.06. The summed E-state index contributed by atoms with van der Waals surface area (Å²) >= 11 is 0. The van der Waals surface area contributed by atoms with Gasteiger partial charge in [0.1, 0.15) is 5.78 Å². The highest BCUT2D eigenvalue weighted by Crippen LogP contribution is 2.22. The molecule has 1 aliphatic heterocycles. The molecule has 2 aliphatic rings. The van der Waals surface area contributed by atoms with Gasteiger partial charge >= 0.3 is 0 Å². The molecule has 1 saturated heterocycles. The SMILES string of the molecule is CN1CCCC1CN(C)C1CCC(=O)CC1. The molecule has 0 N–H and O–H groups in total. The molecule has 3 heteroatoms. The van der Waals surface area contributed by atoms with Crippen molar-refractivity contribution in [1.29, 1.82) is 0 Å². The Morgan fingerprint density at radius 1 is 1.31 bits per heavy atom. The molecule has 0 spiro atoms. The molecule has 2 fully saturated rings. The van der Waals surface area contributed by atoms with E-state index in [-0.39, 0.29) is 0 Å². The van der Waals surface area contributed by atoms with Gasteiger partial charge in [0.05, 0.1) is 0 Å². The Hall–Kier alpha value is -0.410. The number of rotatable bonds is 3. The van der Waals surface area contributed by atoms with E-state index >= 15 is 0 Å². The number of likely N-dealkylation sites (tertiary alicyclic amines) is 1. The van der Waals surface area contributed by atoms with Crippen LogP contribution in [-0.2, 0) is 4.79 Å². The first-order valence-corrected chi connectivity index (χ1v) is 6.59. The lowest BCUT2D eigenvalue weighted by Crippen LogP contribution is -2.43. The molecule has 92 valence electrons. The second kappa shape index (κ2) is 5.28. The van der Waals surface area contributed by atoms with E-state index in [0.29, 0.717) is 11.8 Å². The van der Waals surface area contributed by atoms with Gasteiger partial charge in [-0.25, -0.2) is 0 Å². The van der Waals surface area contributed by atoms with Crippen molar-refractivity contribution >= 4 is 5.78 Å². The minimum Gasteiger partial charge on any atom is -0.302 e. The molecule has 2 rings (SSSR count). The first kappa shape index (κ1) is 12.1. The first-order valence-electron chi connectivity index (χ1n) is 6.59. The number of carbonyl (C=O) groups excluding carboxylic acids is 1. The van der Waals surface area contributed by atoms with E-state index in [0.717, 1.165) is 31.7 Å². The smallest absolute Gasteiger partial charge is 0.133 e. The van der Waals surface area contributed by atoms with Crippen molar-refractivity contribution in [3.63, 3.8) is 0 Å². The molecule has 3 nitrogen and oxygen atoms in total. The zero-order valence-corrected chi connectivity index (χ0v) is 10.6. The Bertz CT molecular complexity index is 244. The van der Waals surface area contributed by atoms with E-state index in [1.807, 2.05) is 0 Å². The van der Waals surface area contributed by atoms with Gasteiger partial charge in [0.2, 0.25) is 0 Å². The quantitative estimate of drug-likeness (QED) is 0.726. The predicted molar refractivity (Wildman–Crippen MR) is 65.5 cm³/mol. The highest BCUT2D eigenvalue weighted by atomic mass is 16.1. The third kappa shape index (κ3) is 2.83. The maximum Gasteiger partial charge on any atom is 0.133 e. The van der Waals surface area contributed by atoms with E-state index < -0.39 is 0 Å². The van der Waals surface area contributed by atoms with Crippen LogP contribution in [-0.4, -0.2) is 54.9 Å². The van der Waals surface area contributed by atoms with Gasteiger partial charge in [-0.3, -0.25) is 4.79 Å². The van der Waals surface area contributed by atoms with Crippen LogP contribution in [0.1, 0.15) is 38.5 Å². The maximum absolute atomic E-state index is 11.2. The molecule has 1 unspecified atom stereocenters. The molecular weight excluding hydrogens is 200 g/mol. The highest BCUT2D eigenvalue weighted by molar-refractivity contribution is 5.79. The van der Waals surface area contributed by atoms with Crippen LogP contribution in [0.15, 0.2) is 0 Å². The molecule has 0 amide bonds. The summed E-state index contributed by atoms with van der Waals surface area (Å²) in [5.74, 6) is 0.461. The molecule has 1 aliphatic carbocycles. The Morgan fingerprint density at radius 2 is 2.00 bits per heavy atom. The van der Waals surface area contributed by atoms with Gasteiger partial charge in [0.25, 0.3) is 0 Å². The van der Waals surface area contributed by atoms with Crippen molar-refractivity contribution in [3.8, 4) is 0 Å². The third-order valence-corrected chi connectivity index (χ3v) is 4.31. The van der Waals surface area contributed by atoms with E-state index in [1.165, 1.54) is 25.9 Å². The number of nitrogens with zero attached hydrogens (tertiary/aromatic N) is 2.